The number of sulfonamides is 1. The van der Waals surface area contributed by atoms with Gasteiger partial charge in [0.05, 0.1) is 23.2 Å². The van der Waals surface area contributed by atoms with Crippen molar-refractivity contribution in [2.24, 2.45) is 0 Å². The fourth-order valence-corrected chi connectivity index (χ4v) is 2.75. The molecule has 0 aromatic heterocycles. The van der Waals surface area contributed by atoms with Crippen LogP contribution in [0.1, 0.15) is 15.9 Å². The molecule has 2 aromatic carbocycles. The molecular formula is C16H14ClF3N2O3S. The molecule has 2 aromatic rings. The molecule has 140 valence electrons. The lowest BCUT2D eigenvalue weighted by molar-refractivity contribution is -0.136. The summed E-state index contributed by atoms with van der Waals surface area (Å²) in [6.45, 7) is 0. The maximum atomic E-state index is 13.1. The second-order valence-corrected chi connectivity index (χ2v) is 7.87. The topological polar surface area (TPSA) is 66.5 Å². The van der Waals surface area contributed by atoms with Crippen molar-refractivity contribution >= 4 is 38.9 Å². The molecule has 5 nitrogen and oxygen atoms in total. The van der Waals surface area contributed by atoms with Crippen LogP contribution in [0.25, 0.3) is 0 Å². The summed E-state index contributed by atoms with van der Waals surface area (Å²) in [5.74, 6) is -0.772. The molecule has 0 aliphatic carbocycles. The highest BCUT2D eigenvalue weighted by atomic mass is 35.5. The number of carbonyl (C=O) groups excluding carboxylic acids is 1. The van der Waals surface area contributed by atoms with Crippen LogP contribution in [0.4, 0.5) is 24.5 Å². The zero-order valence-corrected chi connectivity index (χ0v) is 15.2. The molecule has 0 unspecified atom stereocenters. The number of rotatable bonds is 4. The third-order valence-electron chi connectivity index (χ3n) is 3.53. The molecule has 0 radical (unpaired) electrons. The predicted octanol–water partition coefficient (Wildman–Crippen LogP) is 4.01. The Labute approximate surface area is 153 Å². The van der Waals surface area contributed by atoms with Crippen molar-refractivity contribution in [2.75, 3.05) is 22.9 Å². The van der Waals surface area contributed by atoms with Crippen LogP contribution in [-0.2, 0) is 16.2 Å². The van der Waals surface area contributed by atoms with Crippen LogP contribution in [-0.4, -0.2) is 27.6 Å². The summed E-state index contributed by atoms with van der Waals surface area (Å²) in [5.41, 5.74) is -1.11. The highest BCUT2D eigenvalue weighted by molar-refractivity contribution is 7.92. The Morgan fingerprint density at radius 3 is 2.19 bits per heavy atom. The first kappa shape index (κ1) is 20.1. The van der Waals surface area contributed by atoms with E-state index in [1.807, 2.05) is 0 Å². The maximum absolute atomic E-state index is 13.1. The zero-order chi connectivity index (χ0) is 19.7. The average Bonchev–Trinajstić information content (AvgIpc) is 2.54. The van der Waals surface area contributed by atoms with Crippen LogP contribution in [0.5, 0.6) is 0 Å². The van der Waals surface area contributed by atoms with Gasteiger partial charge in [-0.1, -0.05) is 11.6 Å². The van der Waals surface area contributed by atoms with E-state index in [9.17, 15) is 26.4 Å². The summed E-state index contributed by atoms with van der Waals surface area (Å²) in [5, 5.41) is 2.08. The van der Waals surface area contributed by atoms with Crippen molar-refractivity contribution in [2.45, 2.75) is 6.18 Å². The minimum Gasteiger partial charge on any atom is -0.321 e. The number of hydrogen-bond donors (Lipinski definition) is 1. The number of anilines is 2. The van der Waals surface area contributed by atoms with Crippen molar-refractivity contribution in [1.82, 2.24) is 0 Å². The third-order valence-corrected chi connectivity index (χ3v) is 4.97. The van der Waals surface area contributed by atoms with E-state index in [1.54, 1.807) is 0 Å². The van der Waals surface area contributed by atoms with Crippen molar-refractivity contribution in [3.8, 4) is 0 Å². The fraction of sp³-hybridized carbons (Fsp3) is 0.188. The second-order valence-electron chi connectivity index (χ2n) is 5.42. The Morgan fingerprint density at radius 1 is 1.12 bits per heavy atom. The Hall–Kier alpha value is -2.26. The van der Waals surface area contributed by atoms with Gasteiger partial charge in [-0.25, -0.2) is 8.42 Å². The smallest absolute Gasteiger partial charge is 0.321 e. The number of amides is 1. The molecule has 2 rings (SSSR count). The normalized spacial score (nSPS) is 11.9. The monoisotopic (exact) mass is 406 g/mol. The van der Waals surface area contributed by atoms with Crippen LogP contribution in [0.2, 0.25) is 5.02 Å². The van der Waals surface area contributed by atoms with Crippen molar-refractivity contribution < 1.29 is 26.4 Å². The molecule has 0 spiro atoms. The first-order valence-electron chi connectivity index (χ1n) is 7.11. The lowest BCUT2D eigenvalue weighted by atomic mass is 10.1. The molecule has 0 fully saturated rings. The number of nitrogens with one attached hydrogen (secondary N) is 1. The highest BCUT2D eigenvalue weighted by Crippen LogP contribution is 2.36. The Morgan fingerprint density at radius 2 is 1.69 bits per heavy atom. The molecule has 0 atom stereocenters. The van der Waals surface area contributed by atoms with Gasteiger partial charge in [-0.05, 0) is 42.5 Å². The van der Waals surface area contributed by atoms with Gasteiger partial charge in [0.1, 0.15) is 0 Å². The van der Waals surface area contributed by atoms with Gasteiger partial charge in [-0.15, -0.1) is 0 Å². The summed E-state index contributed by atoms with van der Waals surface area (Å²) in [6.07, 6.45) is -3.66. The van der Waals surface area contributed by atoms with Gasteiger partial charge in [0, 0.05) is 17.6 Å². The molecule has 10 heteroatoms. The Balaban J connectivity index is 2.27. The van der Waals surface area contributed by atoms with Gasteiger partial charge in [-0.2, -0.15) is 13.2 Å². The van der Waals surface area contributed by atoms with E-state index in [-0.39, 0.29) is 10.6 Å². The van der Waals surface area contributed by atoms with E-state index in [2.05, 4.69) is 5.32 Å². The molecule has 0 aliphatic heterocycles. The van der Waals surface area contributed by atoms with Gasteiger partial charge in [-0.3, -0.25) is 9.10 Å². The Kier molecular flexibility index (Phi) is 5.52. The van der Waals surface area contributed by atoms with Crippen LogP contribution < -0.4 is 9.62 Å². The van der Waals surface area contributed by atoms with Crippen molar-refractivity contribution in [3.05, 3.63) is 58.6 Å². The van der Waals surface area contributed by atoms with Gasteiger partial charge in [0.15, 0.2) is 0 Å². The molecule has 0 saturated carbocycles. The van der Waals surface area contributed by atoms with E-state index < -0.39 is 33.4 Å². The fourth-order valence-electron chi connectivity index (χ4n) is 2.07. The molecule has 1 N–H and O–H groups in total. The van der Waals surface area contributed by atoms with Crippen LogP contribution in [0.15, 0.2) is 42.5 Å². The SMILES string of the molecule is CN(c1ccc(C(=O)Nc2ccc(Cl)cc2C(F)(F)F)cc1)S(C)(=O)=O. The highest BCUT2D eigenvalue weighted by Gasteiger charge is 2.34. The molecule has 1 amide bonds. The first-order valence-corrected chi connectivity index (χ1v) is 9.34. The zero-order valence-electron chi connectivity index (χ0n) is 13.6. The third kappa shape index (κ3) is 4.67. The quantitative estimate of drug-likeness (QED) is 0.834. The lowest BCUT2D eigenvalue weighted by Gasteiger charge is -2.17. The van der Waals surface area contributed by atoms with E-state index in [1.165, 1.54) is 37.4 Å². The lowest BCUT2D eigenvalue weighted by Crippen LogP contribution is -2.24. The van der Waals surface area contributed by atoms with Crippen LogP contribution in [0, 0.1) is 0 Å². The summed E-state index contributed by atoms with van der Waals surface area (Å²) in [6, 6.07) is 8.41. The number of halogens is 4. The predicted molar refractivity (Wildman–Crippen MR) is 94.1 cm³/mol. The summed E-state index contributed by atoms with van der Waals surface area (Å²) in [7, 11) is -2.13. The minimum atomic E-state index is -4.68. The Bertz CT molecular complexity index is 929. The molecule has 26 heavy (non-hydrogen) atoms. The van der Waals surface area contributed by atoms with Crippen LogP contribution >= 0.6 is 11.6 Å². The molecule has 0 heterocycles. The number of nitrogens with zero attached hydrogens (tertiary/aromatic N) is 1. The van der Waals surface area contributed by atoms with Gasteiger partial charge < -0.3 is 5.32 Å². The number of carbonyl (C=O) groups is 1. The largest absolute Gasteiger partial charge is 0.418 e. The molecule has 0 aliphatic rings. The van der Waals surface area contributed by atoms with E-state index in [0.717, 1.165) is 22.7 Å². The van der Waals surface area contributed by atoms with Gasteiger partial charge >= 0.3 is 6.18 Å². The number of alkyl halides is 3. The number of benzene rings is 2. The molecule has 0 bridgehead atoms. The van der Waals surface area contributed by atoms with Crippen molar-refractivity contribution in [3.63, 3.8) is 0 Å². The van der Waals surface area contributed by atoms with Crippen molar-refractivity contribution in [1.29, 1.82) is 0 Å². The number of hydrogen-bond acceptors (Lipinski definition) is 3. The standard InChI is InChI=1S/C16H14ClF3N2O3S/c1-22(26(2,24)25)12-6-3-10(4-7-12)15(23)21-14-8-5-11(17)9-13(14)16(18,19)20/h3-9H,1-2H3,(H,21,23). The van der Waals surface area contributed by atoms with E-state index in [0.29, 0.717) is 5.69 Å². The second kappa shape index (κ2) is 7.16. The average molecular weight is 407 g/mol. The van der Waals surface area contributed by atoms with Crippen LogP contribution in [0.3, 0.4) is 0 Å². The minimum absolute atomic E-state index is 0.0683. The summed E-state index contributed by atoms with van der Waals surface area (Å²) < 4.78 is 63.2. The van der Waals surface area contributed by atoms with E-state index >= 15 is 0 Å². The summed E-state index contributed by atoms with van der Waals surface area (Å²) >= 11 is 5.59. The van der Waals surface area contributed by atoms with Gasteiger partial charge in [0.2, 0.25) is 10.0 Å². The molecular weight excluding hydrogens is 393 g/mol. The summed E-state index contributed by atoms with van der Waals surface area (Å²) in [4.78, 5) is 12.2. The molecule has 0 saturated heterocycles. The maximum Gasteiger partial charge on any atom is 0.418 e. The first-order chi connectivity index (χ1) is 11.9. The van der Waals surface area contributed by atoms with Gasteiger partial charge in [0.25, 0.3) is 5.91 Å². The van der Waals surface area contributed by atoms with E-state index in [4.69, 9.17) is 11.6 Å².